The second kappa shape index (κ2) is 7.76. The summed E-state index contributed by atoms with van der Waals surface area (Å²) in [6.45, 7) is 12.4. The normalized spacial score (nSPS) is 18.0. The topological polar surface area (TPSA) is 36.3 Å². The van der Waals surface area contributed by atoms with E-state index in [1.807, 2.05) is 10.9 Å². The Morgan fingerprint density at radius 1 is 1.25 bits per heavy atom. The third kappa shape index (κ3) is 4.89. The Morgan fingerprint density at radius 2 is 2.00 bits per heavy atom. The highest BCUT2D eigenvalue weighted by Crippen LogP contribution is 2.05. The molecule has 0 radical (unpaired) electrons. The van der Waals surface area contributed by atoms with Gasteiger partial charge >= 0.3 is 0 Å². The molecular weight excluding hydrogens is 250 g/mol. The molecule has 1 N–H and O–H groups in total. The van der Waals surface area contributed by atoms with Crippen molar-refractivity contribution < 1.29 is 0 Å². The van der Waals surface area contributed by atoms with Gasteiger partial charge in [0, 0.05) is 50.5 Å². The minimum absolute atomic E-state index is 0.445. The summed E-state index contributed by atoms with van der Waals surface area (Å²) in [5.74, 6) is 0. The monoisotopic (exact) mass is 279 g/mol. The number of nitrogens with zero attached hydrogens (tertiary/aromatic N) is 4. The van der Waals surface area contributed by atoms with E-state index >= 15 is 0 Å². The highest BCUT2D eigenvalue weighted by atomic mass is 15.3. The first-order valence-electron chi connectivity index (χ1n) is 7.80. The standard InChI is InChI=1S/C15H29N5/c1-14(2)20-13-15(12-17-20)11-16-5-4-6-19-9-7-18(3)8-10-19/h12-14,16H,4-11H2,1-3H3. The molecule has 0 spiro atoms. The molecule has 0 amide bonds. The van der Waals surface area contributed by atoms with Crippen LogP contribution in [0, 0.1) is 0 Å². The zero-order chi connectivity index (χ0) is 14.4. The molecule has 0 aliphatic carbocycles. The van der Waals surface area contributed by atoms with E-state index in [1.165, 1.54) is 44.7 Å². The highest BCUT2D eigenvalue weighted by Gasteiger charge is 2.12. The Bertz CT molecular complexity index is 379. The maximum absolute atomic E-state index is 4.36. The summed E-state index contributed by atoms with van der Waals surface area (Å²) < 4.78 is 2.02. The summed E-state index contributed by atoms with van der Waals surface area (Å²) in [5, 5.41) is 7.87. The lowest BCUT2D eigenvalue weighted by Crippen LogP contribution is -2.45. The van der Waals surface area contributed by atoms with Crippen LogP contribution >= 0.6 is 0 Å². The molecule has 0 atom stereocenters. The molecule has 1 aromatic heterocycles. The van der Waals surface area contributed by atoms with Gasteiger partial charge in [0.25, 0.3) is 0 Å². The van der Waals surface area contributed by atoms with Crippen LogP contribution in [0.3, 0.4) is 0 Å². The van der Waals surface area contributed by atoms with Gasteiger partial charge in [-0.2, -0.15) is 5.10 Å². The largest absolute Gasteiger partial charge is 0.313 e. The van der Waals surface area contributed by atoms with Crippen LogP contribution in [0.1, 0.15) is 31.9 Å². The van der Waals surface area contributed by atoms with E-state index in [9.17, 15) is 0 Å². The van der Waals surface area contributed by atoms with Gasteiger partial charge in [-0.1, -0.05) is 0 Å². The van der Waals surface area contributed by atoms with Crippen LogP contribution in [0.4, 0.5) is 0 Å². The van der Waals surface area contributed by atoms with E-state index in [2.05, 4.69) is 47.3 Å². The molecule has 1 aliphatic heterocycles. The third-order valence-corrected chi connectivity index (χ3v) is 3.94. The van der Waals surface area contributed by atoms with Crippen LogP contribution in [0.5, 0.6) is 0 Å². The number of aromatic nitrogens is 2. The summed E-state index contributed by atoms with van der Waals surface area (Å²) in [5.41, 5.74) is 1.28. The average molecular weight is 279 g/mol. The summed E-state index contributed by atoms with van der Waals surface area (Å²) in [7, 11) is 2.20. The summed E-state index contributed by atoms with van der Waals surface area (Å²) in [6, 6.07) is 0.445. The fourth-order valence-corrected chi connectivity index (χ4v) is 2.48. The number of likely N-dealkylation sites (N-methyl/N-ethyl adjacent to an activating group) is 1. The molecule has 0 saturated carbocycles. The number of hydrogen-bond acceptors (Lipinski definition) is 4. The van der Waals surface area contributed by atoms with Crippen LogP contribution in [0.2, 0.25) is 0 Å². The molecule has 2 rings (SSSR count). The van der Waals surface area contributed by atoms with Crippen molar-refractivity contribution in [3.05, 3.63) is 18.0 Å². The maximum Gasteiger partial charge on any atom is 0.0534 e. The molecule has 20 heavy (non-hydrogen) atoms. The van der Waals surface area contributed by atoms with Crippen molar-refractivity contribution in [2.24, 2.45) is 0 Å². The van der Waals surface area contributed by atoms with E-state index < -0.39 is 0 Å². The predicted molar refractivity (Wildman–Crippen MR) is 82.9 cm³/mol. The van der Waals surface area contributed by atoms with Crippen molar-refractivity contribution in [3.8, 4) is 0 Å². The van der Waals surface area contributed by atoms with Crippen molar-refractivity contribution in [3.63, 3.8) is 0 Å². The number of hydrogen-bond donors (Lipinski definition) is 1. The fourth-order valence-electron chi connectivity index (χ4n) is 2.48. The Hall–Kier alpha value is -0.910. The molecule has 1 aromatic rings. The van der Waals surface area contributed by atoms with Gasteiger partial charge in [0.15, 0.2) is 0 Å². The minimum Gasteiger partial charge on any atom is -0.313 e. The Kier molecular flexibility index (Phi) is 6.01. The van der Waals surface area contributed by atoms with E-state index in [4.69, 9.17) is 0 Å². The van der Waals surface area contributed by atoms with Gasteiger partial charge < -0.3 is 15.1 Å². The Labute approximate surface area is 122 Å². The Morgan fingerprint density at radius 3 is 2.65 bits per heavy atom. The van der Waals surface area contributed by atoms with E-state index in [0.717, 1.165) is 13.1 Å². The molecule has 1 aliphatic rings. The zero-order valence-electron chi connectivity index (χ0n) is 13.2. The quantitative estimate of drug-likeness (QED) is 0.761. The van der Waals surface area contributed by atoms with Gasteiger partial charge in [0.1, 0.15) is 0 Å². The zero-order valence-corrected chi connectivity index (χ0v) is 13.2. The molecule has 1 saturated heterocycles. The second-order valence-corrected chi connectivity index (χ2v) is 6.10. The van der Waals surface area contributed by atoms with Crippen molar-refractivity contribution in [1.29, 1.82) is 0 Å². The molecule has 1 fully saturated rings. The first kappa shape index (κ1) is 15.5. The van der Waals surface area contributed by atoms with Crippen LogP contribution in [-0.2, 0) is 6.54 Å². The maximum atomic E-state index is 4.36. The molecule has 5 nitrogen and oxygen atoms in total. The molecule has 0 unspecified atom stereocenters. The van der Waals surface area contributed by atoms with Crippen LogP contribution in [0.25, 0.3) is 0 Å². The van der Waals surface area contributed by atoms with Gasteiger partial charge in [-0.25, -0.2) is 0 Å². The van der Waals surface area contributed by atoms with Crippen molar-refractivity contribution in [2.75, 3.05) is 46.3 Å². The molecule has 2 heterocycles. The van der Waals surface area contributed by atoms with Crippen LogP contribution in [-0.4, -0.2) is 65.9 Å². The lowest BCUT2D eigenvalue weighted by atomic mass is 10.3. The van der Waals surface area contributed by atoms with Gasteiger partial charge in [-0.15, -0.1) is 0 Å². The number of rotatable bonds is 7. The van der Waals surface area contributed by atoms with E-state index in [0.29, 0.717) is 6.04 Å². The average Bonchev–Trinajstić information content (AvgIpc) is 2.89. The summed E-state index contributed by atoms with van der Waals surface area (Å²) in [6.07, 6.45) is 5.33. The molecule has 0 bridgehead atoms. The van der Waals surface area contributed by atoms with Crippen molar-refractivity contribution >= 4 is 0 Å². The number of piperazine rings is 1. The van der Waals surface area contributed by atoms with Crippen LogP contribution < -0.4 is 5.32 Å². The highest BCUT2D eigenvalue weighted by molar-refractivity contribution is 5.03. The second-order valence-electron chi connectivity index (χ2n) is 6.10. The minimum atomic E-state index is 0.445. The summed E-state index contributed by atoms with van der Waals surface area (Å²) in [4.78, 5) is 4.97. The number of nitrogens with one attached hydrogen (secondary N) is 1. The van der Waals surface area contributed by atoms with E-state index in [-0.39, 0.29) is 0 Å². The smallest absolute Gasteiger partial charge is 0.0534 e. The van der Waals surface area contributed by atoms with Gasteiger partial charge in [0.2, 0.25) is 0 Å². The summed E-state index contributed by atoms with van der Waals surface area (Å²) >= 11 is 0. The third-order valence-electron chi connectivity index (χ3n) is 3.94. The molecule has 114 valence electrons. The first-order chi connectivity index (χ1) is 9.65. The van der Waals surface area contributed by atoms with Crippen molar-refractivity contribution in [1.82, 2.24) is 24.9 Å². The van der Waals surface area contributed by atoms with Gasteiger partial charge in [-0.3, -0.25) is 4.68 Å². The lowest BCUT2D eigenvalue weighted by Gasteiger charge is -2.32. The lowest BCUT2D eigenvalue weighted by molar-refractivity contribution is 0.153. The van der Waals surface area contributed by atoms with Crippen molar-refractivity contribution in [2.45, 2.75) is 32.9 Å². The Balaban J connectivity index is 1.55. The first-order valence-corrected chi connectivity index (χ1v) is 7.80. The molecule has 5 heteroatoms. The van der Waals surface area contributed by atoms with E-state index in [1.54, 1.807) is 0 Å². The van der Waals surface area contributed by atoms with Gasteiger partial charge in [-0.05, 0) is 40.4 Å². The van der Waals surface area contributed by atoms with Crippen LogP contribution in [0.15, 0.2) is 12.4 Å². The SMILES string of the molecule is CC(C)n1cc(CNCCCN2CCN(C)CC2)cn1. The molecule has 0 aromatic carbocycles. The molecular formula is C15H29N5. The predicted octanol–water partition coefficient (Wildman–Crippen LogP) is 1.19. The van der Waals surface area contributed by atoms with Gasteiger partial charge in [0.05, 0.1) is 6.20 Å². The fraction of sp³-hybridized carbons (Fsp3) is 0.800.